The third kappa shape index (κ3) is 5.08. The van der Waals surface area contributed by atoms with E-state index in [1.54, 1.807) is 0 Å². The molecule has 0 radical (unpaired) electrons. The number of rotatable bonds is 7. The number of anilines is 1. The Labute approximate surface area is 152 Å². The number of piperidine rings is 1. The van der Waals surface area contributed by atoms with Crippen molar-refractivity contribution in [1.82, 2.24) is 4.90 Å². The fourth-order valence-electron chi connectivity index (χ4n) is 3.23. The van der Waals surface area contributed by atoms with Crippen LogP contribution >= 0.6 is 28.4 Å². The quantitative estimate of drug-likeness (QED) is 0.335. The van der Waals surface area contributed by atoms with Crippen LogP contribution in [0.15, 0.2) is 12.1 Å². The second-order valence-corrected chi connectivity index (χ2v) is 8.07. The monoisotopic (exact) mass is 451 g/mol. The van der Waals surface area contributed by atoms with E-state index in [-0.39, 0.29) is 0 Å². The minimum Gasteiger partial charge on any atom is -0.393 e. The topological polar surface area (TPSA) is 59.4 Å². The molecule has 0 aliphatic carbocycles. The van der Waals surface area contributed by atoms with E-state index in [0.717, 1.165) is 37.2 Å². The molecule has 1 saturated heterocycles. The van der Waals surface area contributed by atoms with Crippen molar-refractivity contribution in [2.75, 3.05) is 31.3 Å². The second kappa shape index (κ2) is 9.25. The normalized spacial score (nSPS) is 18.4. The molecule has 7 heteroatoms. The van der Waals surface area contributed by atoms with Crippen LogP contribution in [0.1, 0.15) is 35.4 Å². The summed E-state index contributed by atoms with van der Waals surface area (Å²) in [7, 11) is 0. The zero-order valence-electron chi connectivity index (χ0n) is 13.3. The molecular formula is C16H24FIN3OP. The van der Waals surface area contributed by atoms with Crippen LogP contribution in [-0.4, -0.2) is 48.6 Å². The molecule has 0 aromatic heterocycles. The average Bonchev–Trinajstić information content (AvgIpc) is 2.57. The van der Waals surface area contributed by atoms with Gasteiger partial charge < -0.3 is 20.5 Å². The van der Waals surface area contributed by atoms with Crippen molar-refractivity contribution in [1.29, 1.82) is 5.41 Å². The number of likely N-dealkylation sites (tertiary alicyclic amines) is 1. The van der Waals surface area contributed by atoms with E-state index in [1.165, 1.54) is 17.3 Å². The van der Waals surface area contributed by atoms with E-state index in [4.69, 9.17) is 10.5 Å². The van der Waals surface area contributed by atoms with E-state index < -0.39 is 12.8 Å². The number of halogens is 2. The van der Waals surface area contributed by atoms with Gasteiger partial charge in [0.15, 0.2) is 0 Å². The van der Waals surface area contributed by atoms with Gasteiger partial charge in [-0.05, 0) is 84.1 Å². The smallest absolute Gasteiger partial charge is 0.136 e. The molecule has 1 aromatic carbocycles. The van der Waals surface area contributed by atoms with Crippen molar-refractivity contribution < 1.29 is 9.50 Å². The zero-order valence-corrected chi connectivity index (χ0v) is 16.4. The molecule has 0 bridgehead atoms. The summed E-state index contributed by atoms with van der Waals surface area (Å²) in [5.74, 6) is 0.483. The number of nitrogens with one attached hydrogen (secondary N) is 2. The first-order valence-corrected chi connectivity index (χ1v) is 11.9. The van der Waals surface area contributed by atoms with Crippen molar-refractivity contribution in [2.24, 2.45) is 0 Å². The summed E-state index contributed by atoms with van der Waals surface area (Å²) in [5, 5.41) is 19.7. The molecule has 2 atom stereocenters. The molecule has 23 heavy (non-hydrogen) atoms. The van der Waals surface area contributed by atoms with Crippen LogP contribution < -0.4 is 5.09 Å². The van der Waals surface area contributed by atoms with Gasteiger partial charge in [0.05, 0.1) is 6.61 Å². The summed E-state index contributed by atoms with van der Waals surface area (Å²) in [5.41, 5.74) is 4.52. The minimum atomic E-state index is -1.14. The molecule has 3 N–H and O–H groups in total. The molecule has 1 aliphatic heterocycles. The summed E-state index contributed by atoms with van der Waals surface area (Å²) in [6.07, 6.45) is 2.85. The van der Waals surface area contributed by atoms with Crippen molar-refractivity contribution in [2.45, 2.75) is 31.9 Å². The van der Waals surface area contributed by atoms with Gasteiger partial charge in [-0.1, -0.05) is 0 Å². The molecule has 128 valence electrons. The number of hydrogen-bond acceptors (Lipinski definition) is 4. The number of aryl methyl sites for hydroxylation is 1. The first-order valence-electron chi connectivity index (χ1n) is 7.83. The first kappa shape index (κ1) is 19.0. The molecule has 1 heterocycles. The lowest BCUT2D eigenvalue weighted by atomic mass is 9.85. The number of aliphatic hydroxyl groups is 1. The third-order valence-corrected chi connectivity index (χ3v) is 5.63. The Morgan fingerprint density at radius 3 is 2.78 bits per heavy atom. The third-order valence-electron chi connectivity index (χ3n) is 4.46. The van der Waals surface area contributed by atoms with E-state index in [2.05, 4.69) is 51.1 Å². The molecule has 1 fully saturated rings. The number of alkyl halides is 1. The number of nitrogens with zero attached hydrogens (tertiary/aromatic N) is 1. The maximum absolute atomic E-state index is 13.3. The largest absolute Gasteiger partial charge is 0.393 e. The van der Waals surface area contributed by atoms with Crippen LogP contribution in [0, 0.1) is 12.3 Å². The van der Waals surface area contributed by atoms with Crippen molar-refractivity contribution in [3.8, 4) is 0 Å². The summed E-state index contributed by atoms with van der Waals surface area (Å²) in [6, 6.07) is 4.27. The second-order valence-electron chi connectivity index (χ2n) is 6.01. The van der Waals surface area contributed by atoms with Gasteiger partial charge in [-0.2, -0.15) is 0 Å². The van der Waals surface area contributed by atoms with Crippen molar-refractivity contribution in [3.63, 3.8) is 0 Å². The highest BCUT2D eigenvalue weighted by Crippen LogP contribution is 2.35. The Hall–Kier alpha value is -0.300. The van der Waals surface area contributed by atoms with E-state index >= 15 is 0 Å². The van der Waals surface area contributed by atoms with Gasteiger partial charge in [-0.25, -0.2) is 4.39 Å². The molecule has 2 unspecified atom stereocenters. The van der Waals surface area contributed by atoms with Crippen LogP contribution in [0.4, 0.5) is 10.1 Å². The number of benzene rings is 1. The average molecular weight is 451 g/mol. The highest BCUT2D eigenvalue weighted by molar-refractivity contribution is 14.2. The summed E-state index contributed by atoms with van der Waals surface area (Å²) in [6.45, 7) is 3.78. The Kier molecular flexibility index (Phi) is 7.66. The molecular weight excluding hydrogens is 427 g/mol. The van der Waals surface area contributed by atoms with Gasteiger partial charge in [-0.3, -0.25) is 0 Å². The van der Waals surface area contributed by atoms with E-state index in [9.17, 15) is 4.39 Å². The zero-order chi connectivity index (χ0) is 16.8. The Balaban J connectivity index is 2.08. The molecule has 4 nitrogen and oxygen atoms in total. The van der Waals surface area contributed by atoms with Crippen molar-refractivity contribution in [3.05, 3.63) is 28.8 Å². The van der Waals surface area contributed by atoms with Crippen LogP contribution in [0.25, 0.3) is 0 Å². The fraction of sp³-hybridized carbons (Fsp3) is 0.562. The van der Waals surface area contributed by atoms with Gasteiger partial charge in [-0.15, -0.1) is 0 Å². The predicted molar refractivity (Wildman–Crippen MR) is 105 cm³/mol. The first-order chi connectivity index (χ1) is 11.1. The van der Waals surface area contributed by atoms with Gasteiger partial charge in [0.2, 0.25) is 0 Å². The maximum Gasteiger partial charge on any atom is 0.136 e. The van der Waals surface area contributed by atoms with Crippen LogP contribution in [0.5, 0.6) is 0 Å². The molecule has 1 aromatic rings. The van der Waals surface area contributed by atoms with E-state index in [0.29, 0.717) is 18.8 Å². The lowest BCUT2D eigenvalue weighted by Gasteiger charge is -2.33. The fourth-order valence-corrected chi connectivity index (χ4v) is 4.42. The molecule has 0 spiro atoms. The molecule has 0 saturated carbocycles. The number of hydrogen-bond donors (Lipinski definition) is 3. The van der Waals surface area contributed by atoms with Gasteiger partial charge in [0, 0.05) is 30.4 Å². The summed E-state index contributed by atoms with van der Waals surface area (Å²) < 4.78 is 13.3. The highest BCUT2D eigenvalue weighted by Gasteiger charge is 2.24. The maximum atomic E-state index is 13.3. The molecule has 1 aliphatic rings. The SMILES string of the molecule is Cc1cc(C=N)c(NPI)cc1C1CCN(CC(F)CO)CC1. The van der Waals surface area contributed by atoms with E-state index in [1.807, 2.05) is 0 Å². The van der Waals surface area contributed by atoms with Gasteiger partial charge in [0.1, 0.15) is 6.17 Å². The highest BCUT2D eigenvalue weighted by atomic mass is 127. The lowest BCUT2D eigenvalue weighted by Crippen LogP contribution is -2.38. The molecule has 0 amide bonds. The molecule has 2 rings (SSSR count). The lowest BCUT2D eigenvalue weighted by molar-refractivity contribution is 0.111. The van der Waals surface area contributed by atoms with Crippen molar-refractivity contribution >= 4 is 40.3 Å². The van der Waals surface area contributed by atoms with Gasteiger partial charge >= 0.3 is 0 Å². The standard InChI is InChI=1S/C16H24FIN3OP/c1-11-6-13(8-19)16(20-23-18)7-15(11)12-2-4-21(5-3-12)9-14(17)10-22/h6-8,12,14,19-20,22-23H,2-5,9-10H2,1H3. The minimum absolute atomic E-state index is 0.331. The Morgan fingerprint density at radius 1 is 1.52 bits per heavy atom. The van der Waals surface area contributed by atoms with Crippen LogP contribution in [0.3, 0.4) is 0 Å². The van der Waals surface area contributed by atoms with Crippen LogP contribution in [-0.2, 0) is 0 Å². The van der Waals surface area contributed by atoms with Crippen LogP contribution in [0.2, 0.25) is 0 Å². The van der Waals surface area contributed by atoms with Gasteiger partial charge in [0.25, 0.3) is 0 Å². The summed E-state index contributed by atoms with van der Waals surface area (Å²) in [4.78, 5) is 2.10. The number of aliphatic hydroxyl groups excluding tert-OH is 1. The predicted octanol–water partition coefficient (Wildman–Crippen LogP) is 3.86. The Morgan fingerprint density at radius 2 is 2.22 bits per heavy atom. The Bertz CT molecular complexity index is 538. The summed E-state index contributed by atoms with van der Waals surface area (Å²) >= 11 is 2.30.